The van der Waals surface area contributed by atoms with Gasteiger partial charge < -0.3 is 19.1 Å². The summed E-state index contributed by atoms with van der Waals surface area (Å²) in [5.41, 5.74) is 0. The molecule has 0 aliphatic carbocycles. The second-order valence-electron chi connectivity index (χ2n) is 4.85. The number of rotatable bonds is 9. The van der Waals surface area contributed by atoms with Gasteiger partial charge in [-0.05, 0) is 32.7 Å². The van der Waals surface area contributed by atoms with Gasteiger partial charge in [0.1, 0.15) is 0 Å². The van der Waals surface area contributed by atoms with Gasteiger partial charge in [-0.1, -0.05) is 0 Å². The Labute approximate surface area is 116 Å². The van der Waals surface area contributed by atoms with Gasteiger partial charge in [-0.25, -0.2) is 0 Å². The Morgan fingerprint density at radius 1 is 1.32 bits per heavy atom. The molecule has 0 aromatic carbocycles. The van der Waals surface area contributed by atoms with Crippen LogP contribution >= 0.6 is 0 Å². The van der Waals surface area contributed by atoms with Gasteiger partial charge in [0.15, 0.2) is 0 Å². The van der Waals surface area contributed by atoms with Crippen molar-refractivity contribution in [2.45, 2.75) is 26.2 Å². The summed E-state index contributed by atoms with van der Waals surface area (Å²) < 4.78 is 15.4. The number of likely N-dealkylation sites (tertiary alicyclic amines) is 1. The summed E-state index contributed by atoms with van der Waals surface area (Å²) >= 11 is 0. The molecule has 0 aromatic rings. The minimum atomic E-state index is -0.0384. The van der Waals surface area contributed by atoms with E-state index in [9.17, 15) is 4.79 Å². The van der Waals surface area contributed by atoms with E-state index in [-0.39, 0.29) is 11.9 Å². The van der Waals surface area contributed by atoms with Gasteiger partial charge in [0.05, 0.1) is 25.7 Å². The van der Waals surface area contributed by atoms with Gasteiger partial charge in [-0.15, -0.1) is 0 Å². The number of methoxy groups -OCH3 is 1. The Morgan fingerprint density at radius 3 is 2.89 bits per heavy atom. The molecule has 0 saturated carbocycles. The second kappa shape index (κ2) is 10.2. The fourth-order valence-electron chi connectivity index (χ4n) is 2.35. The zero-order chi connectivity index (χ0) is 13.9. The molecule has 19 heavy (non-hydrogen) atoms. The molecule has 1 rings (SSSR count). The second-order valence-corrected chi connectivity index (χ2v) is 4.85. The number of carbonyl (C=O) groups excluding carboxylic acids is 1. The topological polar surface area (TPSA) is 48.0 Å². The summed E-state index contributed by atoms with van der Waals surface area (Å²) in [5.74, 6) is 0.0201. The summed E-state index contributed by atoms with van der Waals surface area (Å²) in [7, 11) is 1.67. The summed E-state index contributed by atoms with van der Waals surface area (Å²) in [6, 6.07) is 0. The average molecular weight is 273 g/mol. The molecule has 5 nitrogen and oxygen atoms in total. The Bertz CT molecular complexity index is 248. The zero-order valence-electron chi connectivity index (χ0n) is 12.2. The van der Waals surface area contributed by atoms with E-state index < -0.39 is 0 Å². The maximum Gasteiger partial charge on any atom is 0.310 e. The lowest BCUT2D eigenvalue weighted by Crippen LogP contribution is -2.40. The summed E-state index contributed by atoms with van der Waals surface area (Å²) in [4.78, 5) is 14.0. The van der Waals surface area contributed by atoms with Crippen LogP contribution in [-0.2, 0) is 19.0 Å². The molecule has 1 aliphatic heterocycles. The first-order valence-electron chi connectivity index (χ1n) is 7.23. The quantitative estimate of drug-likeness (QED) is 0.468. The van der Waals surface area contributed by atoms with Crippen molar-refractivity contribution in [2.24, 2.45) is 5.92 Å². The lowest BCUT2D eigenvalue weighted by molar-refractivity contribution is -0.149. The molecule has 0 amide bonds. The Kier molecular flexibility index (Phi) is 8.79. The Morgan fingerprint density at radius 2 is 2.16 bits per heavy atom. The van der Waals surface area contributed by atoms with E-state index in [0.29, 0.717) is 19.8 Å². The van der Waals surface area contributed by atoms with E-state index >= 15 is 0 Å². The largest absolute Gasteiger partial charge is 0.466 e. The molecule has 1 atom stereocenters. The standard InChI is InChI=1S/C14H27NO4/c1-3-19-14(16)13-6-4-7-15(12-13)8-5-9-18-11-10-17-2/h13H,3-12H2,1-2H3. The highest BCUT2D eigenvalue weighted by Gasteiger charge is 2.26. The van der Waals surface area contributed by atoms with Gasteiger partial charge in [-0.3, -0.25) is 4.79 Å². The number of hydrogen-bond donors (Lipinski definition) is 0. The predicted molar refractivity (Wildman–Crippen MR) is 73.1 cm³/mol. The molecule has 112 valence electrons. The van der Waals surface area contributed by atoms with Crippen molar-refractivity contribution >= 4 is 5.97 Å². The van der Waals surface area contributed by atoms with Crippen LogP contribution in [-0.4, -0.2) is 64.0 Å². The van der Waals surface area contributed by atoms with E-state index in [1.807, 2.05) is 6.92 Å². The van der Waals surface area contributed by atoms with Gasteiger partial charge in [0, 0.05) is 26.8 Å². The Balaban J connectivity index is 2.11. The molecular weight excluding hydrogens is 246 g/mol. The maximum atomic E-state index is 11.7. The first-order chi connectivity index (χ1) is 9.27. The van der Waals surface area contributed by atoms with Crippen molar-refractivity contribution in [3.63, 3.8) is 0 Å². The van der Waals surface area contributed by atoms with Crippen LogP contribution < -0.4 is 0 Å². The molecule has 0 aromatic heterocycles. The third-order valence-electron chi connectivity index (χ3n) is 3.32. The van der Waals surface area contributed by atoms with Crippen LogP contribution in [0.2, 0.25) is 0 Å². The van der Waals surface area contributed by atoms with Crippen molar-refractivity contribution in [1.29, 1.82) is 0 Å². The van der Waals surface area contributed by atoms with E-state index in [4.69, 9.17) is 14.2 Å². The van der Waals surface area contributed by atoms with E-state index in [2.05, 4.69) is 4.90 Å². The maximum absolute atomic E-state index is 11.7. The van der Waals surface area contributed by atoms with Crippen molar-refractivity contribution in [1.82, 2.24) is 4.90 Å². The molecule has 0 bridgehead atoms. The molecule has 5 heteroatoms. The molecule has 0 spiro atoms. The lowest BCUT2D eigenvalue weighted by atomic mass is 9.98. The lowest BCUT2D eigenvalue weighted by Gasteiger charge is -2.31. The number of esters is 1. The van der Waals surface area contributed by atoms with Crippen molar-refractivity contribution < 1.29 is 19.0 Å². The zero-order valence-corrected chi connectivity index (χ0v) is 12.2. The number of carbonyl (C=O) groups is 1. The highest BCUT2D eigenvalue weighted by atomic mass is 16.5. The van der Waals surface area contributed by atoms with Crippen LogP contribution in [0.25, 0.3) is 0 Å². The van der Waals surface area contributed by atoms with Crippen LogP contribution in [0.15, 0.2) is 0 Å². The average Bonchev–Trinajstić information content (AvgIpc) is 2.43. The molecule has 1 aliphatic rings. The van der Waals surface area contributed by atoms with E-state index in [1.165, 1.54) is 0 Å². The fraction of sp³-hybridized carbons (Fsp3) is 0.929. The molecule has 1 unspecified atom stereocenters. The first kappa shape index (κ1) is 16.4. The highest BCUT2D eigenvalue weighted by molar-refractivity contribution is 5.72. The molecule has 1 heterocycles. The smallest absolute Gasteiger partial charge is 0.310 e. The van der Waals surface area contributed by atoms with Gasteiger partial charge in [0.2, 0.25) is 0 Å². The van der Waals surface area contributed by atoms with E-state index in [0.717, 1.165) is 45.5 Å². The molecule has 1 saturated heterocycles. The summed E-state index contributed by atoms with van der Waals surface area (Å²) in [6.07, 6.45) is 3.03. The fourth-order valence-corrected chi connectivity index (χ4v) is 2.35. The Hall–Kier alpha value is -0.650. The van der Waals surface area contributed by atoms with Gasteiger partial charge in [-0.2, -0.15) is 0 Å². The van der Waals surface area contributed by atoms with E-state index in [1.54, 1.807) is 7.11 Å². The van der Waals surface area contributed by atoms with Crippen LogP contribution in [0.5, 0.6) is 0 Å². The van der Waals surface area contributed by atoms with Gasteiger partial charge >= 0.3 is 5.97 Å². The monoisotopic (exact) mass is 273 g/mol. The van der Waals surface area contributed by atoms with Crippen LogP contribution in [0, 0.1) is 5.92 Å². The molecule has 0 N–H and O–H groups in total. The first-order valence-corrected chi connectivity index (χ1v) is 7.23. The van der Waals surface area contributed by atoms with Gasteiger partial charge in [0.25, 0.3) is 0 Å². The number of nitrogens with zero attached hydrogens (tertiary/aromatic N) is 1. The minimum absolute atomic E-state index is 0.0384. The number of hydrogen-bond acceptors (Lipinski definition) is 5. The summed E-state index contributed by atoms with van der Waals surface area (Å²) in [6.45, 7) is 7.28. The number of ether oxygens (including phenoxy) is 3. The highest BCUT2D eigenvalue weighted by Crippen LogP contribution is 2.17. The normalized spacial score (nSPS) is 20.4. The van der Waals surface area contributed by atoms with Crippen LogP contribution in [0.1, 0.15) is 26.2 Å². The van der Waals surface area contributed by atoms with Crippen molar-refractivity contribution in [3.05, 3.63) is 0 Å². The molecule has 1 fully saturated rings. The van der Waals surface area contributed by atoms with Crippen molar-refractivity contribution in [3.8, 4) is 0 Å². The molecular formula is C14H27NO4. The van der Waals surface area contributed by atoms with Crippen molar-refractivity contribution in [2.75, 3.05) is 53.2 Å². The van der Waals surface area contributed by atoms with Crippen LogP contribution in [0.3, 0.4) is 0 Å². The third-order valence-corrected chi connectivity index (χ3v) is 3.32. The minimum Gasteiger partial charge on any atom is -0.466 e. The SMILES string of the molecule is CCOC(=O)C1CCCN(CCCOCCOC)C1. The molecule has 0 radical (unpaired) electrons. The summed E-state index contributed by atoms with van der Waals surface area (Å²) in [5, 5.41) is 0. The third kappa shape index (κ3) is 6.89. The predicted octanol–water partition coefficient (Wildman–Crippen LogP) is 1.31. The number of piperidine rings is 1. The van der Waals surface area contributed by atoms with Crippen LogP contribution in [0.4, 0.5) is 0 Å².